The molecule has 1 saturated carbocycles. The van der Waals surface area contributed by atoms with Crippen molar-refractivity contribution in [1.82, 2.24) is 15.1 Å². The predicted molar refractivity (Wildman–Crippen MR) is 80.5 cm³/mol. The Morgan fingerprint density at radius 2 is 1.89 bits per heavy atom. The molecule has 3 rings (SSSR count). The van der Waals surface area contributed by atoms with Crippen molar-refractivity contribution in [3.8, 4) is 0 Å². The second-order valence-corrected chi connectivity index (χ2v) is 7.25. The number of likely N-dealkylation sites (tertiary alicyclic amines) is 1. The van der Waals surface area contributed by atoms with Crippen LogP contribution in [-0.2, 0) is 0 Å². The third kappa shape index (κ3) is 2.98. The Labute approximate surface area is 118 Å². The smallest absolute Gasteiger partial charge is 0.0309 e. The maximum Gasteiger partial charge on any atom is 0.0309 e. The molecule has 0 aromatic rings. The van der Waals surface area contributed by atoms with Gasteiger partial charge in [-0.1, -0.05) is 19.3 Å². The standard InChI is InChI=1S/C16H31N3/c1-14-12-15(6-10-18(14)2)19-11-9-17-16(13-19)7-4-3-5-8-16/h14-15,17H,3-13H2,1-2H3. The third-order valence-corrected chi connectivity index (χ3v) is 5.91. The van der Waals surface area contributed by atoms with E-state index >= 15 is 0 Å². The summed E-state index contributed by atoms with van der Waals surface area (Å²) in [5.74, 6) is 0. The Balaban J connectivity index is 1.61. The summed E-state index contributed by atoms with van der Waals surface area (Å²) in [5.41, 5.74) is 0.475. The number of rotatable bonds is 1. The lowest BCUT2D eigenvalue weighted by Gasteiger charge is -2.50. The van der Waals surface area contributed by atoms with Crippen LogP contribution in [-0.4, -0.2) is 60.6 Å². The maximum atomic E-state index is 3.87. The normalized spacial score (nSPS) is 37.6. The molecule has 3 nitrogen and oxygen atoms in total. The first-order chi connectivity index (χ1) is 9.19. The Morgan fingerprint density at radius 1 is 1.11 bits per heavy atom. The van der Waals surface area contributed by atoms with E-state index in [-0.39, 0.29) is 0 Å². The number of piperidine rings is 1. The Morgan fingerprint density at radius 3 is 2.63 bits per heavy atom. The van der Waals surface area contributed by atoms with E-state index in [4.69, 9.17) is 0 Å². The molecule has 2 heterocycles. The van der Waals surface area contributed by atoms with Crippen LogP contribution >= 0.6 is 0 Å². The summed E-state index contributed by atoms with van der Waals surface area (Å²) >= 11 is 0. The van der Waals surface area contributed by atoms with Crippen LogP contribution in [0.3, 0.4) is 0 Å². The van der Waals surface area contributed by atoms with Gasteiger partial charge in [0.15, 0.2) is 0 Å². The SMILES string of the molecule is CC1CC(N2CCNC3(CCCCC3)C2)CCN1C. The average molecular weight is 265 g/mol. The second kappa shape index (κ2) is 5.71. The van der Waals surface area contributed by atoms with Gasteiger partial charge in [-0.15, -0.1) is 0 Å². The van der Waals surface area contributed by atoms with Crippen LogP contribution < -0.4 is 5.32 Å². The third-order valence-electron chi connectivity index (χ3n) is 5.91. The fraction of sp³-hybridized carbons (Fsp3) is 1.00. The van der Waals surface area contributed by atoms with Gasteiger partial charge in [0, 0.05) is 37.3 Å². The van der Waals surface area contributed by atoms with Gasteiger partial charge in [0.05, 0.1) is 0 Å². The highest BCUT2D eigenvalue weighted by Gasteiger charge is 2.39. The molecular weight excluding hydrogens is 234 g/mol. The number of nitrogens with one attached hydrogen (secondary N) is 1. The van der Waals surface area contributed by atoms with E-state index < -0.39 is 0 Å². The first-order valence-corrected chi connectivity index (χ1v) is 8.38. The molecule has 19 heavy (non-hydrogen) atoms. The summed E-state index contributed by atoms with van der Waals surface area (Å²) in [6.45, 7) is 7.46. The van der Waals surface area contributed by atoms with Crippen molar-refractivity contribution >= 4 is 0 Å². The zero-order chi connectivity index (χ0) is 13.3. The van der Waals surface area contributed by atoms with Gasteiger partial charge in [-0.3, -0.25) is 4.90 Å². The van der Waals surface area contributed by atoms with Crippen molar-refractivity contribution in [2.24, 2.45) is 0 Å². The van der Waals surface area contributed by atoms with Crippen molar-refractivity contribution in [2.75, 3.05) is 33.2 Å². The van der Waals surface area contributed by atoms with E-state index in [1.54, 1.807) is 0 Å². The van der Waals surface area contributed by atoms with Crippen LogP contribution in [0.15, 0.2) is 0 Å². The average Bonchev–Trinajstić information content (AvgIpc) is 2.43. The van der Waals surface area contributed by atoms with Gasteiger partial charge in [-0.25, -0.2) is 0 Å². The van der Waals surface area contributed by atoms with Crippen molar-refractivity contribution in [3.63, 3.8) is 0 Å². The highest BCUT2D eigenvalue weighted by molar-refractivity contribution is 4.99. The van der Waals surface area contributed by atoms with Gasteiger partial charge in [-0.05, 0) is 46.2 Å². The van der Waals surface area contributed by atoms with Crippen LogP contribution in [0.5, 0.6) is 0 Å². The quantitative estimate of drug-likeness (QED) is 0.783. The van der Waals surface area contributed by atoms with E-state index in [1.165, 1.54) is 71.1 Å². The van der Waals surface area contributed by atoms with Crippen LogP contribution in [0.4, 0.5) is 0 Å². The molecule has 110 valence electrons. The number of piperazine rings is 1. The van der Waals surface area contributed by atoms with Crippen LogP contribution in [0, 0.1) is 0 Å². The molecule has 0 amide bonds. The summed E-state index contributed by atoms with van der Waals surface area (Å²) in [5, 5.41) is 3.87. The molecular formula is C16H31N3. The molecule has 1 N–H and O–H groups in total. The first-order valence-electron chi connectivity index (χ1n) is 8.38. The lowest BCUT2D eigenvalue weighted by Crippen LogP contribution is -2.64. The monoisotopic (exact) mass is 265 g/mol. The molecule has 3 heteroatoms. The van der Waals surface area contributed by atoms with Crippen molar-refractivity contribution < 1.29 is 0 Å². The van der Waals surface area contributed by atoms with Gasteiger partial charge >= 0.3 is 0 Å². The highest BCUT2D eigenvalue weighted by atomic mass is 15.3. The minimum absolute atomic E-state index is 0.475. The fourth-order valence-corrected chi connectivity index (χ4v) is 4.46. The van der Waals surface area contributed by atoms with E-state index in [9.17, 15) is 0 Å². The fourth-order valence-electron chi connectivity index (χ4n) is 4.46. The molecule has 3 aliphatic rings. The zero-order valence-corrected chi connectivity index (χ0v) is 12.8. The van der Waals surface area contributed by atoms with Crippen LogP contribution in [0.25, 0.3) is 0 Å². The van der Waals surface area contributed by atoms with Gasteiger partial charge in [0.25, 0.3) is 0 Å². The predicted octanol–water partition coefficient (Wildman–Crippen LogP) is 2.08. The molecule has 2 aliphatic heterocycles. The Bertz CT molecular complexity index is 293. The van der Waals surface area contributed by atoms with E-state index in [0.29, 0.717) is 5.54 Å². The minimum Gasteiger partial charge on any atom is -0.309 e. The number of hydrogen-bond donors (Lipinski definition) is 1. The largest absolute Gasteiger partial charge is 0.309 e. The molecule has 0 bridgehead atoms. The minimum atomic E-state index is 0.475. The second-order valence-electron chi connectivity index (χ2n) is 7.25. The van der Waals surface area contributed by atoms with Crippen molar-refractivity contribution in [3.05, 3.63) is 0 Å². The molecule has 0 radical (unpaired) electrons. The summed E-state index contributed by atoms with van der Waals surface area (Å²) < 4.78 is 0. The van der Waals surface area contributed by atoms with Gasteiger partial charge in [0.2, 0.25) is 0 Å². The lowest BCUT2D eigenvalue weighted by molar-refractivity contribution is 0.0299. The Hall–Kier alpha value is -0.120. The lowest BCUT2D eigenvalue weighted by atomic mass is 9.79. The van der Waals surface area contributed by atoms with Crippen molar-refractivity contribution in [1.29, 1.82) is 0 Å². The summed E-state index contributed by atoms with van der Waals surface area (Å²) in [6.07, 6.45) is 9.88. The van der Waals surface area contributed by atoms with Crippen LogP contribution in [0.2, 0.25) is 0 Å². The zero-order valence-electron chi connectivity index (χ0n) is 12.8. The van der Waals surface area contributed by atoms with Gasteiger partial charge < -0.3 is 10.2 Å². The van der Waals surface area contributed by atoms with Gasteiger partial charge in [-0.2, -0.15) is 0 Å². The molecule has 2 unspecified atom stereocenters. The number of hydrogen-bond acceptors (Lipinski definition) is 3. The summed E-state index contributed by atoms with van der Waals surface area (Å²) in [4.78, 5) is 5.35. The van der Waals surface area contributed by atoms with E-state index in [1.807, 2.05) is 0 Å². The van der Waals surface area contributed by atoms with E-state index in [0.717, 1.165) is 12.1 Å². The molecule has 2 saturated heterocycles. The van der Waals surface area contributed by atoms with Crippen molar-refractivity contribution in [2.45, 2.75) is 69.5 Å². The number of nitrogens with zero attached hydrogens (tertiary/aromatic N) is 2. The molecule has 0 aromatic heterocycles. The van der Waals surface area contributed by atoms with Crippen LogP contribution in [0.1, 0.15) is 51.9 Å². The Kier molecular flexibility index (Phi) is 4.16. The molecule has 0 aromatic carbocycles. The summed E-state index contributed by atoms with van der Waals surface area (Å²) in [7, 11) is 2.28. The maximum absolute atomic E-state index is 3.87. The molecule has 1 spiro atoms. The first kappa shape index (κ1) is 13.8. The molecule has 1 aliphatic carbocycles. The highest BCUT2D eigenvalue weighted by Crippen LogP contribution is 2.32. The van der Waals surface area contributed by atoms with E-state index in [2.05, 4.69) is 29.1 Å². The molecule has 3 fully saturated rings. The molecule has 2 atom stereocenters. The summed E-state index contributed by atoms with van der Waals surface area (Å²) in [6, 6.07) is 1.60. The van der Waals surface area contributed by atoms with Gasteiger partial charge in [0.1, 0.15) is 0 Å². The topological polar surface area (TPSA) is 18.5 Å².